The Hall–Kier alpha value is -0.753. The summed E-state index contributed by atoms with van der Waals surface area (Å²) in [5, 5.41) is 0. The molecule has 135 valence electrons. The van der Waals surface area contributed by atoms with Crippen molar-refractivity contribution in [3.05, 3.63) is 35.6 Å². The van der Waals surface area contributed by atoms with Gasteiger partial charge in [-0.3, -0.25) is 0 Å². The molecule has 0 bridgehead atoms. The van der Waals surface area contributed by atoms with Crippen molar-refractivity contribution < 1.29 is 18.3 Å². The first-order valence-corrected chi connectivity index (χ1v) is 9.22. The predicted molar refractivity (Wildman–Crippen MR) is 95.2 cm³/mol. The first kappa shape index (κ1) is 21.3. The van der Waals surface area contributed by atoms with Crippen molar-refractivity contribution in [1.29, 1.82) is 0 Å². The van der Waals surface area contributed by atoms with E-state index in [1.807, 2.05) is 33.8 Å². The van der Waals surface area contributed by atoms with E-state index in [1.54, 1.807) is 12.1 Å². The summed E-state index contributed by atoms with van der Waals surface area (Å²) < 4.78 is 30.2. The van der Waals surface area contributed by atoms with Crippen molar-refractivity contribution in [3.8, 4) is 0 Å². The summed E-state index contributed by atoms with van der Waals surface area (Å²) in [5.41, 5.74) is 1.05. The molecule has 1 aromatic rings. The van der Waals surface area contributed by atoms with Gasteiger partial charge in [-0.15, -0.1) is 0 Å². The topological polar surface area (TPSA) is 27.7 Å². The van der Waals surface area contributed by atoms with Crippen LogP contribution in [0.3, 0.4) is 0 Å². The molecule has 0 atom stereocenters. The van der Waals surface area contributed by atoms with E-state index in [9.17, 15) is 4.39 Å². The van der Waals surface area contributed by atoms with Crippen molar-refractivity contribution in [2.24, 2.45) is 0 Å². The molecule has 0 saturated heterocycles. The highest BCUT2D eigenvalue weighted by Crippen LogP contribution is 2.26. The first-order valence-electron chi connectivity index (χ1n) is 8.81. The van der Waals surface area contributed by atoms with Gasteiger partial charge < -0.3 is 13.9 Å². The number of unbranched alkanes of at least 4 members (excludes halogenated alkanes) is 3. The van der Waals surface area contributed by atoms with Crippen LogP contribution < -0.4 is 0 Å². The summed E-state index contributed by atoms with van der Waals surface area (Å²) in [4.78, 5) is 0. The lowest BCUT2D eigenvalue weighted by Gasteiger charge is -2.35. The van der Waals surface area contributed by atoms with Gasteiger partial charge in [-0.25, -0.2) is 4.39 Å². The average molecular weight is 354 g/mol. The van der Waals surface area contributed by atoms with Gasteiger partial charge in [-0.2, -0.15) is 0 Å². The third-order valence-electron chi connectivity index (χ3n) is 3.57. The summed E-state index contributed by atoms with van der Waals surface area (Å²) in [6.07, 6.45) is 5.69. The highest BCUT2D eigenvalue weighted by molar-refractivity contribution is 5.98. The lowest BCUT2D eigenvalue weighted by molar-refractivity contribution is -0.369. The SMILES string of the molecule is CC(C)OC(CCCCCCc1cccc(F)c1)(O[Si])OC(C)C. The molecule has 0 N–H and O–H groups in total. The van der Waals surface area contributed by atoms with Gasteiger partial charge in [0, 0.05) is 6.42 Å². The minimum Gasteiger partial charge on any atom is -0.371 e. The number of hydrogen-bond donors (Lipinski definition) is 0. The van der Waals surface area contributed by atoms with E-state index in [4.69, 9.17) is 13.9 Å². The second kappa shape index (κ2) is 11.0. The normalized spacial score (nSPS) is 12.3. The molecule has 3 nitrogen and oxygen atoms in total. The third-order valence-corrected chi connectivity index (χ3v) is 3.88. The summed E-state index contributed by atoms with van der Waals surface area (Å²) in [6.45, 7) is 7.84. The Morgan fingerprint density at radius 1 is 1.00 bits per heavy atom. The largest absolute Gasteiger partial charge is 0.371 e. The fourth-order valence-corrected chi connectivity index (χ4v) is 2.88. The Morgan fingerprint density at radius 2 is 1.62 bits per heavy atom. The number of hydrogen-bond acceptors (Lipinski definition) is 3. The number of halogens is 1. The maximum atomic E-state index is 13.1. The molecule has 0 aliphatic heterocycles. The maximum Gasteiger partial charge on any atom is 0.273 e. The van der Waals surface area contributed by atoms with E-state index in [0.29, 0.717) is 6.42 Å². The van der Waals surface area contributed by atoms with Crippen LogP contribution in [0.2, 0.25) is 0 Å². The fourth-order valence-electron chi connectivity index (χ4n) is 2.68. The maximum absolute atomic E-state index is 13.1. The molecule has 0 unspecified atom stereocenters. The molecule has 0 aromatic heterocycles. The monoisotopic (exact) mass is 353 g/mol. The van der Waals surface area contributed by atoms with Gasteiger partial charge in [0.15, 0.2) is 0 Å². The van der Waals surface area contributed by atoms with Crippen molar-refractivity contribution in [2.45, 2.75) is 84.4 Å². The van der Waals surface area contributed by atoms with Crippen LogP contribution in [0.15, 0.2) is 24.3 Å². The molecule has 0 aliphatic rings. The smallest absolute Gasteiger partial charge is 0.273 e. The molecule has 1 aromatic carbocycles. The van der Waals surface area contributed by atoms with Crippen molar-refractivity contribution in [3.63, 3.8) is 0 Å². The molecule has 24 heavy (non-hydrogen) atoms. The highest BCUT2D eigenvalue weighted by atomic mass is 28.2. The van der Waals surface area contributed by atoms with Gasteiger partial charge in [-0.1, -0.05) is 25.0 Å². The van der Waals surface area contributed by atoms with Gasteiger partial charge in [-0.05, 0) is 64.7 Å². The molecule has 0 fully saturated rings. The van der Waals surface area contributed by atoms with Crippen LogP contribution in [0, 0.1) is 5.82 Å². The quantitative estimate of drug-likeness (QED) is 0.303. The van der Waals surface area contributed by atoms with Crippen LogP contribution in [-0.2, 0) is 20.3 Å². The van der Waals surface area contributed by atoms with Crippen molar-refractivity contribution >= 4 is 10.5 Å². The molecule has 1 rings (SSSR count). The second-order valence-corrected chi connectivity index (χ2v) is 6.87. The first-order chi connectivity index (χ1) is 11.4. The van der Waals surface area contributed by atoms with E-state index in [0.717, 1.165) is 37.7 Å². The third kappa shape index (κ3) is 8.38. The Bertz CT molecular complexity index is 456. The Balaban J connectivity index is 2.33. The molecule has 0 amide bonds. The molecule has 0 aliphatic carbocycles. The predicted octanol–water partition coefficient (Wildman–Crippen LogP) is 4.92. The minimum atomic E-state index is -1.04. The van der Waals surface area contributed by atoms with Gasteiger partial charge in [0.2, 0.25) is 0 Å². The highest BCUT2D eigenvalue weighted by Gasteiger charge is 2.33. The Labute approximate surface area is 149 Å². The van der Waals surface area contributed by atoms with E-state index >= 15 is 0 Å². The summed E-state index contributed by atoms with van der Waals surface area (Å²) >= 11 is 0. The van der Waals surface area contributed by atoms with Crippen molar-refractivity contribution in [1.82, 2.24) is 0 Å². The molecular weight excluding hydrogens is 323 g/mol. The van der Waals surface area contributed by atoms with Crippen LogP contribution >= 0.6 is 0 Å². The van der Waals surface area contributed by atoms with Gasteiger partial charge in [0.25, 0.3) is 16.5 Å². The lowest BCUT2D eigenvalue weighted by Crippen LogP contribution is -2.42. The van der Waals surface area contributed by atoms with E-state index in [2.05, 4.69) is 10.5 Å². The standard InChI is InChI=1S/C19H30FO3Si/c1-15(2)21-19(23-24,22-16(3)4)13-8-6-5-7-10-17-11-9-12-18(20)14-17/h9,11-12,14-16H,5-8,10,13H2,1-4H3. The summed E-state index contributed by atoms with van der Waals surface area (Å²) in [7, 11) is 3.12. The van der Waals surface area contributed by atoms with Crippen molar-refractivity contribution in [2.75, 3.05) is 0 Å². The van der Waals surface area contributed by atoms with Crippen LogP contribution in [0.1, 0.15) is 65.4 Å². The van der Waals surface area contributed by atoms with E-state index in [1.165, 1.54) is 6.07 Å². The Morgan fingerprint density at radius 3 is 2.17 bits per heavy atom. The zero-order chi connectivity index (χ0) is 18.0. The van der Waals surface area contributed by atoms with Gasteiger partial charge >= 0.3 is 0 Å². The fraction of sp³-hybridized carbons (Fsp3) is 0.684. The van der Waals surface area contributed by atoms with E-state index in [-0.39, 0.29) is 18.0 Å². The number of ether oxygens (including phenoxy) is 2. The number of rotatable bonds is 12. The molecule has 0 spiro atoms. The van der Waals surface area contributed by atoms with Crippen LogP contribution in [0.4, 0.5) is 4.39 Å². The molecular formula is C19H30FO3Si. The van der Waals surface area contributed by atoms with Crippen LogP contribution in [-0.4, -0.2) is 28.7 Å². The molecule has 0 saturated carbocycles. The number of aryl methyl sites for hydroxylation is 1. The molecule has 3 radical (unpaired) electrons. The minimum absolute atomic E-state index is 0.00748. The van der Waals surface area contributed by atoms with Gasteiger partial charge in [0.05, 0.1) is 12.2 Å². The number of benzene rings is 1. The zero-order valence-corrected chi connectivity index (χ0v) is 16.3. The molecule has 0 heterocycles. The van der Waals surface area contributed by atoms with E-state index < -0.39 is 5.97 Å². The average Bonchev–Trinajstić information content (AvgIpc) is 2.49. The second-order valence-electron chi connectivity index (χ2n) is 6.66. The zero-order valence-electron chi connectivity index (χ0n) is 15.3. The summed E-state index contributed by atoms with van der Waals surface area (Å²) in [6, 6.07) is 6.82. The van der Waals surface area contributed by atoms with Crippen LogP contribution in [0.25, 0.3) is 0 Å². The van der Waals surface area contributed by atoms with Crippen LogP contribution in [0.5, 0.6) is 0 Å². The lowest BCUT2D eigenvalue weighted by atomic mass is 10.0. The summed E-state index contributed by atoms with van der Waals surface area (Å²) in [5.74, 6) is -1.20. The molecule has 5 heteroatoms. The Kier molecular flexibility index (Phi) is 9.74. The van der Waals surface area contributed by atoms with Gasteiger partial charge in [0.1, 0.15) is 5.82 Å².